The summed E-state index contributed by atoms with van der Waals surface area (Å²) in [4.78, 5) is 0. The van der Waals surface area contributed by atoms with Crippen LogP contribution in [0.2, 0.25) is 0 Å². The van der Waals surface area contributed by atoms with Gasteiger partial charge in [0.2, 0.25) is 0 Å². The van der Waals surface area contributed by atoms with E-state index in [4.69, 9.17) is 0 Å². The van der Waals surface area contributed by atoms with Crippen molar-refractivity contribution in [3.05, 3.63) is 91.0 Å². The smallest absolute Gasteiger partial charge is 0.147 e. The summed E-state index contributed by atoms with van der Waals surface area (Å²) in [7, 11) is -2.03. The summed E-state index contributed by atoms with van der Waals surface area (Å²) in [5.74, 6) is 0. The van der Waals surface area contributed by atoms with Crippen LogP contribution < -0.4 is 15.9 Å². The summed E-state index contributed by atoms with van der Waals surface area (Å²) in [5.41, 5.74) is 0. The van der Waals surface area contributed by atoms with Crippen LogP contribution in [-0.4, -0.2) is 6.16 Å². The van der Waals surface area contributed by atoms with E-state index in [1.807, 2.05) is 0 Å². The van der Waals surface area contributed by atoms with Gasteiger partial charge in [-0.1, -0.05) is 26.2 Å². The van der Waals surface area contributed by atoms with Crippen LogP contribution in [0.5, 0.6) is 0 Å². The summed E-state index contributed by atoms with van der Waals surface area (Å²) in [6.45, 7) is 2.30. The number of hydrogen-bond acceptors (Lipinski definition) is 0. The van der Waals surface area contributed by atoms with Crippen LogP contribution in [0, 0.1) is 0 Å². The fourth-order valence-corrected chi connectivity index (χ4v) is 10.6. The van der Waals surface area contributed by atoms with Gasteiger partial charge in [0.05, 0.1) is 0 Å². The third kappa shape index (κ3) is 9.68. The molecule has 0 spiro atoms. The molecule has 0 aliphatic carbocycles. The van der Waals surface area contributed by atoms with Gasteiger partial charge in [-0.05, 0) is 0 Å². The summed E-state index contributed by atoms with van der Waals surface area (Å²) in [6, 6.07) is 34.2. The van der Waals surface area contributed by atoms with E-state index >= 15 is 0 Å². The van der Waals surface area contributed by atoms with Crippen molar-refractivity contribution in [2.45, 2.75) is 96.8 Å². The molecule has 3 aromatic rings. The average Bonchev–Trinajstić information content (AvgIpc) is 2.93. The van der Waals surface area contributed by atoms with Crippen molar-refractivity contribution in [2.75, 3.05) is 6.16 Å². The van der Waals surface area contributed by atoms with Gasteiger partial charge in [-0.2, -0.15) is 0 Å². The Bertz CT molecular complexity index is 798. The number of hydrogen-bond donors (Lipinski definition) is 0. The first-order valence-electron chi connectivity index (χ1n) is 14.5. The van der Waals surface area contributed by atoms with Crippen LogP contribution in [0.3, 0.4) is 0 Å². The SMILES string of the molecule is CCCCCCCCCCCCCCCC[PH](c1ccccc1)(c1ccccc1)c1ccccc1.Cl. The van der Waals surface area contributed by atoms with Crippen LogP contribution in [0.25, 0.3) is 0 Å². The summed E-state index contributed by atoms with van der Waals surface area (Å²) < 4.78 is 0. The maximum atomic E-state index is 2.38. The summed E-state index contributed by atoms with van der Waals surface area (Å²) in [5, 5.41) is 4.64. The van der Waals surface area contributed by atoms with Crippen LogP contribution >= 0.6 is 19.7 Å². The predicted octanol–water partition coefficient (Wildman–Crippen LogP) is 9.62. The number of rotatable bonds is 18. The average molecular weight is 525 g/mol. The van der Waals surface area contributed by atoms with E-state index in [9.17, 15) is 0 Å². The normalized spacial score (nSPS) is 11.7. The molecule has 0 N–H and O–H groups in total. The maximum absolute atomic E-state index is 2.38. The predicted molar refractivity (Wildman–Crippen MR) is 169 cm³/mol. The molecule has 198 valence electrons. The quantitative estimate of drug-likeness (QED) is 0.115. The van der Waals surface area contributed by atoms with E-state index < -0.39 is 7.26 Å². The number of unbranched alkanes of at least 4 members (excludes halogenated alkanes) is 13. The fourth-order valence-electron chi connectivity index (χ4n) is 5.69. The molecule has 0 heterocycles. The summed E-state index contributed by atoms with van der Waals surface area (Å²) >= 11 is 0. The molecule has 0 radical (unpaired) electrons. The van der Waals surface area contributed by atoms with Gasteiger partial charge in [-0.25, -0.2) is 0 Å². The van der Waals surface area contributed by atoms with Crippen molar-refractivity contribution in [2.24, 2.45) is 0 Å². The molecule has 2 heteroatoms. The molecule has 0 fully saturated rings. The molecule has 0 bridgehead atoms. The van der Waals surface area contributed by atoms with E-state index in [0.29, 0.717) is 0 Å². The number of halogens is 1. The molecule has 3 rings (SSSR count). The van der Waals surface area contributed by atoms with Gasteiger partial charge in [0.15, 0.2) is 0 Å². The van der Waals surface area contributed by atoms with Gasteiger partial charge in [0.1, 0.15) is 0 Å². The third-order valence-corrected chi connectivity index (χ3v) is 12.8. The van der Waals surface area contributed by atoms with Crippen molar-refractivity contribution in [1.29, 1.82) is 0 Å². The molecule has 0 saturated heterocycles. The molecule has 0 amide bonds. The van der Waals surface area contributed by atoms with Gasteiger partial charge < -0.3 is 0 Å². The second kappa shape index (κ2) is 18.6. The Morgan fingerprint density at radius 1 is 0.389 bits per heavy atom. The maximum Gasteiger partial charge on any atom is -0.147 e. The summed E-state index contributed by atoms with van der Waals surface area (Å²) in [6.07, 6.45) is 21.1. The van der Waals surface area contributed by atoms with Crippen molar-refractivity contribution < 1.29 is 0 Å². The van der Waals surface area contributed by atoms with E-state index in [1.54, 1.807) is 15.9 Å². The molecule has 0 nitrogen and oxygen atoms in total. The molecule has 0 atom stereocenters. The first kappa shape index (κ1) is 30.6. The van der Waals surface area contributed by atoms with Crippen LogP contribution in [0.4, 0.5) is 0 Å². The standard InChI is InChI=1S/C34H49P.ClH/c1-2-3-4-5-6-7-8-9-10-11-12-13-14-24-31-35(32-25-18-15-19-26-32,33-27-20-16-21-28-33)34-29-22-17-23-30-34;/h15-23,25-30,35H,2-14,24,31H2,1H3;1H. The second-order valence-electron chi connectivity index (χ2n) is 10.3. The molecule has 36 heavy (non-hydrogen) atoms. The minimum absolute atomic E-state index is 0. The second-order valence-corrected chi connectivity index (χ2v) is 14.4. The molecule has 0 aliphatic rings. The van der Waals surface area contributed by atoms with Gasteiger partial charge >= 0.3 is 191 Å². The van der Waals surface area contributed by atoms with Crippen molar-refractivity contribution in [3.63, 3.8) is 0 Å². The Kier molecular flexibility index (Phi) is 15.8. The zero-order chi connectivity index (χ0) is 24.4. The van der Waals surface area contributed by atoms with Gasteiger partial charge in [-0.3, -0.25) is 0 Å². The molecule has 0 aromatic heterocycles. The molecular weight excluding hydrogens is 475 g/mol. The molecule has 0 aliphatic heterocycles. The van der Waals surface area contributed by atoms with Crippen molar-refractivity contribution >= 4 is 35.6 Å². The fraction of sp³-hybridized carbons (Fsp3) is 0.471. The van der Waals surface area contributed by atoms with E-state index in [1.165, 1.54) is 96.1 Å². The Morgan fingerprint density at radius 3 is 0.972 bits per heavy atom. The zero-order valence-electron chi connectivity index (χ0n) is 22.7. The Hall–Kier alpha value is -1.62. The number of benzene rings is 3. The Balaban J connectivity index is 0.00000456. The first-order valence-corrected chi connectivity index (χ1v) is 16.7. The first-order chi connectivity index (χ1) is 17.4. The van der Waals surface area contributed by atoms with Crippen molar-refractivity contribution in [1.82, 2.24) is 0 Å². The van der Waals surface area contributed by atoms with Crippen molar-refractivity contribution in [3.8, 4) is 0 Å². The topological polar surface area (TPSA) is 0 Å². The monoisotopic (exact) mass is 524 g/mol. The molecule has 3 aromatic carbocycles. The van der Waals surface area contributed by atoms with Crippen LogP contribution in [-0.2, 0) is 0 Å². The van der Waals surface area contributed by atoms with E-state index in [-0.39, 0.29) is 12.4 Å². The minimum Gasteiger partial charge on any atom is -0.147 e. The van der Waals surface area contributed by atoms with E-state index in [0.717, 1.165) is 0 Å². The third-order valence-electron chi connectivity index (χ3n) is 7.71. The van der Waals surface area contributed by atoms with Crippen LogP contribution in [0.15, 0.2) is 91.0 Å². The Labute approximate surface area is 229 Å². The zero-order valence-corrected chi connectivity index (χ0v) is 24.5. The van der Waals surface area contributed by atoms with Gasteiger partial charge in [0.25, 0.3) is 0 Å². The largest absolute Gasteiger partial charge is 0.147 e. The minimum atomic E-state index is -2.03. The molecule has 0 saturated carbocycles. The molecular formula is C34H50ClP. The Morgan fingerprint density at radius 2 is 0.667 bits per heavy atom. The molecule has 0 unspecified atom stereocenters. The van der Waals surface area contributed by atoms with Gasteiger partial charge in [-0.15, -0.1) is 12.4 Å². The van der Waals surface area contributed by atoms with Gasteiger partial charge in [0, 0.05) is 0 Å². The van der Waals surface area contributed by atoms with Crippen LogP contribution in [0.1, 0.15) is 96.8 Å². The van der Waals surface area contributed by atoms with E-state index in [2.05, 4.69) is 97.9 Å².